The normalized spacial score (nSPS) is 14.5. The van der Waals surface area contributed by atoms with Gasteiger partial charge in [0.05, 0.1) is 0 Å². The standard InChI is InChI=1S/C13H19N3O/c1-9-8-11(16-14)4-5-12(9)13(17)15-7-6-10-2-3-10/h4-5,8,10,16H,2-3,6-7,14H2,1H3,(H,15,17). The van der Waals surface area contributed by atoms with E-state index < -0.39 is 0 Å². The number of nitrogens with two attached hydrogens (primary N) is 1. The van der Waals surface area contributed by atoms with E-state index in [1.807, 2.05) is 19.1 Å². The number of benzene rings is 1. The Morgan fingerprint density at radius 3 is 2.82 bits per heavy atom. The second-order valence-corrected chi connectivity index (χ2v) is 4.66. The highest BCUT2D eigenvalue weighted by Gasteiger charge is 2.20. The third kappa shape index (κ3) is 3.20. The van der Waals surface area contributed by atoms with E-state index in [1.165, 1.54) is 12.8 Å². The molecular weight excluding hydrogens is 214 g/mol. The third-order valence-corrected chi connectivity index (χ3v) is 3.17. The molecule has 1 amide bonds. The van der Waals surface area contributed by atoms with Crippen molar-refractivity contribution in [3.8, 4) is 0 Å². The van der Waals surface area contributed by atoms with Gasteiger partial charge in [-0.1, -0.05) is 12.8 Å². The number of carbonyl (C=O) groups excluding carboxylic acids is 1. The maximum absolute atomic E-state index is 11.9. The zero-order valence-corrected chi connectivity index (χ0v) is 10.1. The fraction of sp³-hybridized carbons (Fsp3) is 0.462. The van der Waals surface area contributed by atoms with Crippen LogP contribution < -0.4 is 16.6 Å². The lowest BCUT2D eigenvalue weighted by atomic mass is 10.1. The molecular formula is C13H19N3O. The van der Waals surface area contributed by atoms with E-state index >= 15 is 0 Å². The summed E-state index contributed by atoms with van der Waals surface area (Å²) in [5.74, 6) is 6.17. The van der Waals surface area contributed by atoms with Crippen molar-refractivity contribution in [2.45, 2.75) is 26.2 Å². The summed E-state index contributed by atoms with van der Waals surface area (Å²) in [4.78, 5) is 11.9. The number of hydrazine groups is 1. The van der Waals surface area contributed by atoms with Crippen LogP contribution in [0, 0.1) is 12.8 Å². The molecule has 0 saturated heterocycles. The molecule has 0 aromatic heterocycles. The third-order valence-electron chi connectivity index (χ3n) is 3.17. The molecule has 0 bridgehead atoms. The summed E-state index contributed by atoms with van der Waals surface area (Å²) in [6, 6.07) is 5.48. The molecule has 4 heteroatoms. The first kappa shape index (κ1) is 11.9. The van der Waals surface area contributed by atoms with E-state index in [0.29, 0.717) is 0 Å². The van der Waals surface area contributed by atoms with Gasteiger partial charge in [-0.15, -0.1) is 0 Å². The average Bonchev–Trinajstić information content (AvgIpc) is 3.12. The lowest BCUT2D eigenvalue weighted by Gasteiger charge is -2.09. The molecule has 4 nitrogen and oxygen atoms in total. The molecule has 0 spiro atoms. The number of anilines is 1. The Hall–Kier alpha value is -1.55. The van der Waals surface area contributed by atoms with Gasteiger partial charge in [-0.2, -0.15) is 0 Å². The predicted octanol–water partition coefficient (Wildman–Crippen LogP) is 1.81. The Balaban J connectivity index is 1.92. The molecule has 1 fully saturated rings. The molecule has 0 heterocycles. The van der Waals surface area contributed by atoms with Gasteiger partial charge in [0.1, 0.15) is 0 Å². The van der Waals surface area contributed by atoms with Crippen molar-refractivity contribution in [2.75, 3.05) is 12.0 Å². The first-order valence-electron chi connectivity index (χ1n) is 6.06. The van der Waals surface area contributed by atoms with E-state index in [2.05, 4.69) is 10.7 Å². The Morgan fingerprint density at radius 1 is 1.47 bits per heavy atom. The van der Waals surface area contributed by atoms with Gasteiger partial charge in [-0.25, -0.2) is 0 Å². The number of amides is 1. The zero-order chi connectivity index (χ0) is 12.3. The van der Waals surface area contributed by atoms with Crippen molar-refractivity contribution in [3.05, 3.63) is 29.3 Å². The SMILES string of the molecule is Cc1cc(NN)ccc1C(=O)NCCC1CC1. The van der Waals surface area contributed by atoms with E-state index in [4.69, 9.17) is 5.84 Å². The van der Waals surface area contributed by atoms with Gasteiger partial charge in [0.15, 0.2) is 0 Å². The number of carbonyl (C=O) groups is 1. The van der Waals surface area contributed by atoms with Crippen LogP contribution in [0.2, 0.25) is 0 Å². The molecule has 92 valence electrons. The van der Waals surface area contributed by atoms with Crippen molar-refractivity contribution in [3.63, 3.8) is 0 Å². The van der Waals surface area contributed by atoms with Crippen molar-refractivity contribution in [1.82, 2.24) is 5.32 Å². The maximum Gasteiger partial charge on any atom is 0.251 e. The van der Waals surface area contributed by atoms with Crippen LogP contribution in [-0.2, 0) is 0 Å². The number of rotatable bonds is 5. The number of hydrogen-bond donors (Lipinski definition) is 3. The lowest BCUT2D eigenvalue weighted by Crippen LogP contribution is -2.25. The Bertz CT molecular complexity index is 413. The van der Waals surface area contributed by atoms with Gasteiger partial charge in [0.25, 0.3) is 5.91 Å². The topological polar surface area (TPSA) is 67.1 Å². The van der Waals surface area contributed by atoms with E-state index in [-0.39, 0.29) is 5.91 Å². The van der Waals surface area contributed by atoms with Crippen LogP contribution in [-0.4, -0.2) is 12.5 Å². The molecule has 0 radical (unpaired) electrons. The minimum Gasteiger partial charge on any atom is -0.352 e. The zero-order valence-electron chi connectivity index (χ0n) is 10.1. The van der Waals surface area contributed by atoms with Gasteiger partial charge in [0.2, 0.25) is 0 Å². The van der Waals surface area contributed by atoms with Crippen molar-refractivity contribution < 1.29 is 4.79 Å². The minimum atomic E-state index is 0.00622. The van der Waals surface area contributed by atoms with Crippen LogP contribution in [0.1, 0.15) is 35.2 Å². The molecule has 0 unspecified atom stereocenters. The Labute approximate surface area is 102 Å². The van der Waals surface area contributed by atoms with E-state index in [9.17, 15) is 4.79 Å². The molecule has 2 rings (SSSR count). The van der Waals surface area contributed by atoms with Crippen LogP contribution in [0.25, 0.3) is 0 Å². The van der Waals surface area contributed by atoms with Crippen LogP contribution >= 0.6 is 0 Å². The molecule has 4 N–H and O–H groups in total. The summed E-state index contributed by atoms with van der Waals surface area (Å²) in [6.07, 6.45) is 3.75. The van der Waals surface area contributed by atoms with Crippen molar-refractivity contribution >= 4 is 11.6 Å². The molecule has 1 aromatic carbocycles. The molecule has 0 aliphatic heterocycles. The molecule has 1 aromatic rings. The summed E-state index contributed by atoms with van der Waals surface area (Å²) < 4.78 is 0. The first-order valence-corrected chi connectivity index (χ1v) is 6.06. The lowest BCUT2D eigenvalue weighted by molar-refractivity contribution is 0.0952. The molecule has 0 atom stereocenters. The van der Waals surface area contributed by atoms with Gasteiger partial charge in [-0.05, 0) is 43.0 Å². The van der Waals surface area contributed by atoms with Crippen LogP contribution in [0.3, 0.4) is 0 Å². The summed E-state index contributed by atoms with van der Waals surface area (Å²) in [6.45, 7) is 2.69. The van der Waals surface area contributed by atoms with Crippen LogP contribution in [0.5, 0.6) is 0 Å². The number of aryl methyl sites for hydroxylation is 1. The monoisotopic (exact) mass is 233 g/mol. The van der Waals surface area contributed by atoms with Gasteiger partial charge in [0, 0.05) is 17.8 Å². The maximum atomic E-state index is 11.9. The highest BCUT2D eigenvalue weighted by Crippen LogP contribution is 2.31. The number of nitrogens with one attached hydrogen (secondary N) is 2. The van der Waals surface area contributed by atoms with Crippen LogP contribution in [0.4, 0.5) is 5.69 Å². The second kappa shape index (κ2) is 5.19. The Kier molecular flexibility index (Phi) is 3.64. The summed E-state index contributed by atoms with van der Waals surface area (Å²) in [5, 5.41) is 2.96. The van der Waals surface area contributed by atoms with Gasteiger partial charge in [-0.3, -0.25) is 10.6 Å². The van der Waals surface area contributed by atoms with E-state index in [1.54, 1.807) is 6.07 Å². The Morgan fingerprint density at radius 2 is 2.24 bits per heavy atom. The smallest absolute Gasteiger partial charge is 0.251 e. The van der Waals surface area contributed by atoms with Crippen molar-refractivity contribution in [2.24, 2.45) is 11.8 Å². The molecule has 1 aliphatic rings. The van der Waals surface area contributed by atoms with Crippen molar-refractivity contribution in [1.29, 1.82) is 0 Å². The first-order chi connectivity index (χ1) is 8.20. The van der Waals surface area contributed by atoms with Crippen LogP contribution in [0.15, 0.2) is 18.2 Å². The largest absolute Gasteiger partial charge is 0.352 e. The summed E-state index contributed by atoms with van der Waals surface area (Å²) >= 11 is 0. The van der Waals surface area contributed by atoms with Gasteiger partial charge < -0.3 is 10.7 Å². The molecule has 17 heavy (non-hydrogen) atoms. The van der Waals surface area contributed by atoms with E-state index in [0.717, 1.165) is 35.7 Å². The summed E-state index contributed by atoms with van der Waals surface area (Å²) in [5.41, 5.74) is 5.04. The molecule has 1 aliphatic carbocycles. The fourth-order valence-electron chi connectivity index (χ4n) is 1.90. The fourth-order valence-corrected chi connectivity index (χ4v) is 1.90. The quantitative estimate of drug-likeness (QED) is 0.536. The highest BCUT2D eigenvalue weighted by atomic mass is 16.1. The molecule has 1 saturated carbocycles. The number of hydrogen-bond acceptors (Lipinski definition) is 3. The summed E-state index contributed by atoms with van der Waals surface area (Å²) in [7, 11) is 0. The highest BCUT2D eigenvalue weighted by molar-refractivity contribution is 5.96. The second-order valence-electron chi connectivity index (χ2n) is 4.66. The van der Waals surface area contributed by atoms with Gasteiger partial charge >= 0.3 is 0 Å². The minimum absolute atomic E-state index is 0.00622. The number of nitrogen functional groups attached to an aromatic ring is 1. The predicted molar refractivity (Wildman–Crippen MR) is 68.7 cm³/mol. The average molecular weight is 233 g/mol.